The number of hydrogen-bond donors (Lipinski definition) is 2. The van der Waals surface area contributed by atoms with Gasteiger partial charge in [0.1, 0.15) is 5.75 Å². The number of halogens is 1. The van der Waals surface area contributed by atoms with E-state index in [0.29, 0.717) is 16.5 Å². The summed E-state index contributed by atoms with van der Waals surface area (Å²) in [4.78, 5) is 16.5. The Morgan fingerprint density at radius 2 is 2.12 bits per heavy atom. The van der Waals surface area contributed by atoms with E-state index in [-0.39, 0.29) is 12.6 Å². The minimum Gasteiger partial charge on any atom is -0.495 e. The Balaban J connectivity index is 1.65. The second-order valence-corrected chi connectivity index (χ2v) is 5.95. The van der Waals surface area contributed by atoms with Gasteiger partial charge in [-0.1, -0.05) is 17.7 Å². The van der Waals surface area contributed by atoms with Gasteiger partial charge in [0.15, 0.2) is 0 Å². The van der Waals surface area contributed by atoms with E-state index >= 15 is 0 Å². The molecular formula is C18H18ClN5O2. The first kappa shape index (κ1) is 17.8. The van der Waals surface area contributed by atoms with Crippen molar-refractivity contribution in [3.8, 4) is 17.1 Å². The number of carbonyl (C=O) groups excluding carboxylic acids is 1. The van der Waals surface area contributed by atoms with E-state index < -0.39 is 0 Å². The number of pyridine rings is 1. The van der Waals surface area contributed by atoms with Crippen LogP contribution in [0.25, 0.3) is 11.4 Å². The molecule has 0 fully saturated rings. The Morgan fingerprint density at radius 1 is 1.27 bits per heavy atom. The number of aromatic nitrogens is 3. The summed E-state index contributed by atoms with van der Waals surface area (Å²) in [7, 11) is 3.36. The molecule has 2 aromatic heterocycles. The van der Waals surface area contributed by atoms with Crippen molar-refractivity contribution in [3.05, 3.63) is 59.4 Å². The summed E-state index contributed by atoms with van der Waals surface area (Å²) >= 11 is 5.96. The molecule has 26 heavy (non-hydrogen) atoms. The van der Waals surface area contributed by atoms with Gasteiger partial charge in [0.2, 0.25) is 0 Å². The van der Waals surface area contributed by atoms with E-state index in [1.165, 1.54) is 7.11 Å². The van der Waals surface area contributed by atoms with Crippen LogP contribution in [0.5, 0.6) is 5.75 Å². The largest absolute Gasteiger partial charge is 0.495 e. The van der Waals surface area contributed by atoms with Crippen LogP contribution in [-0.4, -0.2) is 27.9 Å². The van der Waals surface area contributed by atoms with Crippen molar-refractivity contribution in [1.82, 2.24) is 20.1 Å². The Morgan fingerprint density at radius 3 is 2.85 bits per heavy atom. The van der Waals surface area contributed by atoms with Crippen molar-refractivity contribution in [1.29, 1.82) is 0 Å². The molecule has 0 bridgehead atoms. The van der Waals surface area contributed by atoms with Crippen LogP contribution in [-0.2, 0) is 13.6 Å². The molecule has 0 aliphatic heterocycles. The third-order valence-electron chi connectivity index (χ3n) is 3.70. The lowest BCUT2D eigenvalue weighted by atomic mass is 10.2. The first-order valence-corrected chi connectivity index (χ1v) is 8.27. The summed E-state index contributed by atoms with van der Waals surface area (Å²) in [5.74, 6) is 0.528. The zero-order chi connectivity index (χ0) is 18.5. The molecule has 0 saturated carbocycles. The quantitative estimate of drug-likeness (QED) is 0.719. The average Bonchev–Trinajstić information content (AvgIpc) is 3.02. The highest BCUT2D eigenvalue weighted by molar-refractivity contribution is 6.31. The number of carbonyl (C=O) groups is 1. The van der Waals surface area contributed by atoms with Crippen molar-refractivity contribution < 1.29 is 9.53 Å². The number of benzene rings is 1. The maximum absolute atomic E-state index is 12.2. The van der Waals surface area contributed by atoms with E-state index in [1.54, 1.807) is 29.1 Å². The van der Waals surface area contributed by atoms with E-state index in [0.717, 1.165) is 17.1 Å². The number of rotatable bonds is 5. The third kappa shape index (κ3) is 4.12. The van der Waals surface area contributed by atoms with Crippen LogP contribution in [0.2, 0.25) is 5.02 Å². The van der Waals surface area contributed by atoms with Crippen molar-refractivity contribution in [2.75, 3.05) is 12.4 Å². The first-order chi connectivity index (χ1) is 12.6. The molecule has 7 nitrogen and oxygen atoms in total. The molecule has 2 N–H and O–H groups in total. The molecule has 0 atom stereocenters. The lowest BCUT2D eigenvalue weighted by molar-refractivity contribution is 0.251. The van der Waals surface area contributed by atoms with E-state index in [4.69, 9.17) is 16.3 Å². The number of aryl methyl sites for hydroxylation is 1. The predicted molar refractivity (Wildman–Crippen MR) is 100 cm³/mol. The number of urea groups is 1. The SMILES string of the molecule is COc1ccc(Cl)cc1NC(=O)NCc1cc(-c2ccccn2)n(C)n1. The molecule has 0 spiro atoms. The maximum atomic E-state index is 12.2. The number of ether oxygens (including phenoxy) is 1. The van der Waals surface area contributed by atoms with Gasteiger partial charge in [-0.15, -0.1) is 0 Å². The van der Waals surface area contributed by atoms with Gasteiger partial charge in [0.05, 0.1) is 36.4 Å². The number of nitrogens with one attached hydrogen (secondary N) is 2. The van der Waals surface area contributed by atoms with Crippen molar-refractivity contribution in [2.45, 2.75) is 6.54 Å². The number of methoxy groups -OCH3 is 1. The summed E-state index contributed by atoms with van der Waals surface area (Å²) in [6, 6.07) is 12.2. The van der Waals surface area contributed by atoms with Gasteiger partial charge in [-0.2, -0.15) is 5.10 Å². The highest BCUT2D eigenvalue weighted by Gasteiger charge is 2.11. The highest BCUT2D eigenvalue weighted by Crippen LogP contribution is 2.27. The lowest BCUT2D eigenvalue weighted by Crippen LogP contribution is -2.28. The molecule has 1 aromatic carbocycles. The molecule has 0 aliphatic carbocycles. The topological polar surface area (TPSA) is 81.1 Å². The zero-order valence-electron chi connectivity index (χ0n) is 14.4. The molecule has 0 saturated heterocycles. The fourth-order valence-electron chi connectivity index (χ4n) is 2.48. The van der Waals surface area contributed by atoms with Crippen LogP contribution in [0.15, 0.2) is 48.7 Å². The van der Waals surface area contributed by atoms with Gasteiger partial charge in [0, 0.05) is 18.3 Å². The van der Waals surface area contributed by atoms with Crippen molar-refractivity contribution in [2.24, 2.45) is 7.05 Å². The zero-order valence-corrected chi connectivity index (χ0v) is 15.1. The van der Waals surface area contributed by atoms with Gasteiger partial charge in [-0.05, 0) is 36.4 Å². The number of hydrogen-bond acceptors (Lipinski definition) is 4. The summed E-state index contributed by atoms with van der Waals surface area (Å²) < 4.78 is 6.94. The van der Waals surface area contributed by atoms with Gasteiger partial charge in [0.25, 0.3) is 0 Å². The number of anilines is 1. The molecule has 0 unspecified atom stereocenters. The smallest absolute Gasteiger partial charge is 0.319 e. The molecule has 2 amide bonds. The molecular weight excluding hydrogens is 354 g/mol. The van der Waals surface area contributed by atoms with Gasteiger partial charge in [-0.25, -0.2) is 4.79 Å². The number of amides is 2. The first-order valence-electron chi connectivity index (χ1n) is 7.89. The molecule has 3 aromatic rings. The van der Waals surface area contributed by atoms with Crippen LogP contribution in [0.3, 0.4) is 0 Å². The summed E-state index contributed by atoms with van der Waals surface area (Å²) in [6.45, 7) is 0.273. The monoisotopic (exact) mass is 371 g/mol. The fraction of sp³-hybridized carbons (Fsp3) is 0.167. The maximum Gasteiger partial charge on any atom is 0.319 e. The summed E-state index contributed by atoms with van der Waals surface area (Å²) in [5.41, 5.74) is 2.91. The molecule has 3 rings (SSSR count). The third-order valence-corrected chi connectivity index (χ3v) is 3.93. The van der Waals surface area contributed by atoms with Crippen molar-refractivity contribution >= 4 is 23.3 Å². The standard InChI is InChI=1S/C18H18ClN5O2/c1-24-16(14-5-3-4-8-20-14)10-13(23-24)11-21-18(25)22-15-9-12(19)6-7-17(15)26-2/h3-10H,11H2,1-2H3,(H2,21,22,25). The normalized spacial score (nSPS) is 10.4. The summed E-state index contributed by atoms with van der Waals surface area (Å²) in [6.07, 6.45) is 1.73. The van der Waals surface area contributed by atoms with Gasteiger partial charge >= 0.3 is 6.03 Å². The molecule has 134 valence electrons. The van der Waals surface area contributed by atoms with Gasteiger partial charge in [-0.3, -0.25) is 9.67 Å². The second-order valence-electron chi connectivity index (χ2n) is 5.51. The Hall–Kier alpha value is -3.06. The molecule has 2 heterocycles. The minimum atomic E-state index is -0.379. The second kappa shape index (κ2) is 7.88. The van der Waals surface area contributed by atoms with E-state index in [2.05, 4.69) is 20.7 Å². The predicted octanol–water partition coefficient (Wildman–Crippen LogP) is 3.47. The van der Waals surface area contributed by atoms with Crippen LogP contribution < -0.4 is 15.4 Å². The Labute approximate surface area is 156 Å². The minimum absolute atomic E-state index is 0.273. The van der Waals surface area contributed by atoms with Crippen LogP contribution in [0, 0.1) is 0 Å². The average molecular weight is 372 g/mol. The van der Waals surface area contributed by atoms with Gasteiger partial charge < -0.3 is 15.4 Å². The Bertz CT molecular complexity index is 911. The van der Waals surface area contributed by atoms with E-state index in [9.17, 15) is 4.79 Å². The summed E-state index contributed by atoms with van der Waals surface area (Å²) in [5, 5.41) is 10.4. The number of nitrogens with zero attached hydrogens (tertiary/aromatic N) is 3. The van der Waals surface area contributed by atoms with Crippen molar-refractivity contribution in [3.63, 3.8) is 0 Å². The lowest BCUT2D eigenvalue weighted by Gasteiger charge is -2.11. The van der Waals surface area contributed by atoms with Crippen LogP contribution >= 0.6 is 11.6 Å². The van der Waals surface area contributed by atoms with Crippen LogP contribution in [0.1, 0.15) is 5.69 Å². The molecule has 0 aliphatic rings. The highest BCUT2D eigenvalue weighted by atomic mass is 35.5. The fourth-order valence-corrected chi connectivity index (χ4v) is 2.65. The Kier molecular flexibility index (Phi) is 5.38. The molecule has 0 radical (unpaired) electrons. The molecule has 8 heteroatoms. The van der Waals surface area contributed by atoms with E-state index in [1.807, 2.05) is 31.3 Å². The van der Waals surface area contributed by atoms with Crippen LogP contribution in [0.4, 0.5) is 10.5 Å².